The van der Waals surface area contributed by atoms with Crippen LogP contribution in [0.25, 0.3) is 0 Å². The van der Waals surface area contributed by atoms with Gasteiger partial charge in [0.1, 0.15) is 6.29 Å². The monoisotopic (exact) mass is 142 g/mol. The predicted octanol–water partition coefficient (Wildman–Crippen LogP) is 0.984. The van der Waals surface area contributed by atoms with Crippen LogP contribution in [0.15, 0.2) is 0 Å². The van der Waals surface area contributed by atoms with Gasteiger partial charge in [-0.15, -0.1) is 0 Å². The number of carbonyl (C=O) groups excluding carboxylic acids is 1. The first-order valence-electron chi connectivity index (χ1n) is 3.93. The van der Waals surface area contributed by atoms with E-state index in [1.54, 1.807) is 0 Å². The molecule has 0 radical (unpaired) electrons. The molecule has 0 bridgehead atoms. The van der Waals surface area contributed by atoms with Crippen LogP contribution in [-0.4, -0.2) is 18.0 Å². The maximum atomic E-state index is 9.95. The maximum absolute atomic E-state index is 9.95. The molecule has 2 heteroatoms. The van der Waals surface area contributed by atoms with Crippen LogP contribution in [0.3, 0.4) is 0 Å². The standard InChI is InChI=1S/C8H14O2/c9-4-1-2-7-6-8(7)3-5-10/h4,7-8,10H,1-3,5-6H2. The van der Waals surface area contributed by atoms with Crippen molar-refractivity contribution in [3.8, 4) is 0 Å². The second-order valence-electron chi connectivity index (χ2n) is 3.01. The van der Waals surface area contributed by atoms with Crippen LogP contribution in [0.2, 0.25) is 0 Å². The number of hydrogen-bond donors (Lipinski definition) is 1. The molecule has 0 amide bonds. The third-order valence-electron chi connectivity index (χ3n) is 2.22. The SMILES string of the molecule is O=CCCC1CC1CCO. The van der Waals surface area contributed by atoms with Gasteiger partial charge in [0.05, 0.1) is 0 Å². The molecule has 0 heterocycles. The van der Waals surface area contributed by atoms with Crippen molar-refractivity contribution >= 4 is 6.29 Å². The number of aliphatic hydroxyl groups excluding tert-OH is 1. The van der Waals surface area contributed by atoms with Gasteiger partial charge in [0.15, 0.2) is 0 Å². The van der Waals surface area contributed by atoms with Gasteiger partial charge >= 0.3 is 0 Å². The van der Waals surface area contributed by atoms with E-state index in [-0.39, 0.29) is 0 Å². The van der Waals surface area contributed by atoms with Gasteiger partial charge < -0.3 is 9.90 Å². The number of aliphatic hydroxyl groups is 1. The van der Waals surface area contributed by atoms with Crippen molar-refractivity contribution in [1.29, 1.82) is 0 Å². The summed E-state index contributed by atoms with van der Waals surface area (Å²) in [5.74, 6) is 1.47. The molecule has 0 saturated heterocycles. The molecule has 0 aromatic heterocycles. The van der Waals surface area contributed by atoms with Crippen molar-refractivity contribution in [3.05, 3.63) is 0 Å². The van der Waals surface area contributed by atoms with Crippen LogP contribution in [0.4, 0.5) is 0 Å². The Kier molecular flexibility index (Phi) is 2.87. The Morgan fingerprint density at radius 3 is 2.70 bits per heavy atom. The van der Waals surface area contributed by atoms with Gasteiger partial charge in [-0.1, -0.05) is 0 Å². The van der Waals surface area contributed by atoms with E-state index in [4.69, 9.17) is 5.11 Å². The summed E-state index contributed by atoms with van der Waals surface area (Å²) in [6.45, 7) is 0.308. The maximum Gasteiger partial charge on any atom is 0.120 e. The number of carbonyl (C=O) groups is 1. The largest absolute Gasteiger partial charge is 0.396 e. The molecule has 1 aliphatic carbocycles. The molecule has 2 unspecified atom stereocenters. The van der Waals surface area contributed by atoms with Crippen molar-refractivity contribution in [2.45, 2.75) is 25.7 Å². The molecule has 0 aliphatic heterocycles. The fraction of sp³-hybridized carbons (Fsp3) is 0.875. The first-order chi connectivity index (χ1) is 4.88. The summed E-state index contributed by atoms with van der Waals surface area (Å²) >= 11 is 0. The Morgan fingerprint density at radius 2 is 2.10 bits per heavy atom. The van der Waals surface area contributed by atoms with Crippen LogP contribution < -0.4 is 0 Å². The minimum atomic E-state index is 0.308. The zero-order valence-electron chi connectivity index (χ0n) is 6.12. The molecule has 2 atom stereocenters. The molecular formula is C8H14O2. The van der Waals surface area contributed by atoms with E-state index >= 15 is 0 Å². The Morgan fingerprint density at radius 1 is 1.40 bits per heavy atom. The molecule has 0 aromatic rings. The molecule has 0 aromatic carbocycles. The molecule has 1 saturated carbocycles. The van der Waals surface area contributed by atoms with Crippen LogP contribution in [0.1, 0.15) is 25.7 Å². The zero-order chi connectivity index (χ0) is 7.40. The molecule has 2 nitrogen and oxygen atoms in total. The predicted molar refractivity (Wildman–Crippen MR) is 38.6 cm³/mol. The molecule has 58 valence electrons. The minimum Gasteiger partial charge on any atom is -0.396 e. The van der Waals surface area contributed by atoms with Crippen LogP contribution in [0, 0.1) is 11.8 Å². The summed E-state index contributed by atoms with van der Waals surface area (Å²) in [4.78, 5) is 9.95. The van der Waals surface area contributed by atoms with Crippen molar-refractivity contribution in [2.24, 2.45) is 11.8 Å². The molecular weight excluding hydrogens is 128 g/mol. The molecule has 1 N–H and O–H groups in total. The summed E-state index contributed by atoms with van der Waals surface area (Å²) in [5, 5.41) is 8.55. The Balaban J connectivity index is 1.96. The Bertz CT molecular complexity index is 112. The summed E-state index contributed by atoms with van der Waals surface area (Å²) < 4.78 is 0. The molecule has 1 aliphatic rings. The van der Waals surface area contributed by atoms with E-state index in [2.05, 4.69) is 0 Å². The van der Waals surface area contributed by atoms with E-state index in [1.807, 2.05) is 0 Å². The van der Waals surface area contributed by atoms with Crippen molar-refractivity contribution in [2.75, 3.05) is 6.61 Å². The van der Waals surface area contributed by atoms with E-state index in [1.165, 1.54) is 6.42 Å². The highest BCUT2D eigenvalue weighted by atomic mass is 16.3. The van der Waals surface area contributed by atoms with E-state index < -0.39 is 0 Å². The van der Waals surface area contributed by atoms with Crippen molar-refractivity contribution in [1.82, 2.24) is 0 Å². The smallest absolute Gasteiger partial charge is 0.120 e. The molecule has 1 fully saturated rings. The average Bonchev–Trinajstić information content (AvgIpc) is 2.65. The first-order valence-corrected chi connectivity index (χ1v) is 3.93. The molecule has 1 rings (SSSR count). The van der Waals surface area contributed by atoms with Crippen molar-refractivity contribution < 1.29 is 9.90 Å². The fourth-order valence-corrected chi connectivity index (χ4v) is 1.47. The lowest BCUT2D eigenvalue weighted by Crippen LogP contribution is -1.88. The van der Waals surface area contributed by atoms with Gasteiger partial charge in [-0.3, -0.25) is 0 Å². The second kappa shape index (κ2) is 3.71. The summed E-state index contributed by atoms with van der Waals surface area (Å²) in [6, 6.07) is 0. The second-order valence-corrected chi connectivity index (χ2v) is 3.01. The van der Waals surface area contributed by atoms with E-state index in [9.17, 15) is 4.79 Å². The Labute approximate surface area is 61.2 Å². The van der Waals surface area contributed by atoms with Gasteiger partial charge in [-0.25, -0.2) is 0 Å². The van der Waals surface area contributed by atoms with E-state index in [0.717, 1.165) is 31.0 Å². The van der Waals surface area contributed by atoms with Crippen LogP contribution in [-0.2, 0) is 4.79 Å². The van der Waals surface area contributed by atoms with Gasteiger partial charge in [-0.2, -0.15) is 0 Å². The fourth-order valence-electron chi connectivity index (χ4n) is 1.47. The minimum absolute atomic E-state index is 0.308. The molecule has 10 heavy (non-hydrogen) atoms. The van der Waals surface area contributed by atoms with E-state index in [0.29, 0.717) is 13.0 Å². The highest BCUT2D eigenvalue weighted by Crippen LogP contribution is 2.43. The third kappa shape index (κ3) is 2.10. The van der Waals surface area contributed by atoms with Crippen LogP contribution in [0.5, 0.6) is 0 Å². The third-order valence-corrected chi connectivity index (χ3v) is 2.22. The normalized spacial score (nSPS) is 30.1. The highest BCUT2D eigenvalue weighted by Gasteiger charge is 2.34. The number of rotatable bonds is 5. The number of hydrogen-bond acceptors (Lipinski definition) is 2. The lowest BCUT2D eigenvalue weighted by atomic mass is 10.2. The van der Waals surface area contributed by atoms with Gasteiger partial charge in [0, 0.05) is 13.0 Å². The molecule has 0 spiro atoms. The van der Waals surface area contributed by atoms with Gasteiger partial charge in [0.25, 0.3) is 0 Å². The summed E-state index contributed by atoms with van der Waals surface area (Å²) in [5.41, 5.74) is 0. The van der Waals surface area contributed by atoms with Gasteiger partial charge in [-0.05, 0) is 31.1 Å². The zero-order valence-corrected chi connectivity index (χ0v) is 6.12. The first kappa shape index (κ1) is 7.73. The summed E-state index contributed by atoms with van der Waals surface area (Å²) in [6.07, 6.45) is 4.88. The van der Waals surface area contributed by atoms with Gasteiger partial charge in [0.2, 0.25) is 0 Å². The summed E-state index contributed by atoms with van der Waals surface area (Å²) in [7, 11) is 0. The van der Waals surface area contributed by atoms with Crippen molar-refractivity contribution in [3.63, 3.8) is 0 Å². The lowest BCUT2D eigenvalue weighted by molar-refractivity contribution is -0.108. The lowest BCUT2D eigenvalue weighted by Gasteiger charge is -1.92. The highest BCUT2D eigenvalue weighted by molar-refractivity contribution is 5.49. The Hall–Kier alpha value is -0.370. The number of aldehydes is 1. The quantitative estimate of drug-likeness (QED) is 0.581. The van der Waals surface area contributed by atoms with Crippen LogP contribution >= 0.6 is 0 Å². The topological polar surface area (TPSA) is 37.3 Å². The average molecular weight is 142 g/mol.